The fraction of sp³-hybridized carbons (Fsp3) is 0.538. The standard InChI is InChI=1S/C13H18ClNO2.ClH/c1-3-15(4-2)7-10-5-12(14)6-11-8-16-9-17-13(10)11;/h5-6H,3-4,7-9H2,1-2H3;1H. The lowest BCUT2D eigenvalue weighted by Gasteiger charge is -2.23. The summed E-state index contributed by atoms with van der Waals surface area (Å²) in [4.78, 5) is 1.52. The zero-order chi connectivity index (χ0) is 12.3. The zero-order valence-corrected chi connectivity index (χ0v) is 12.3. The van der Waals surface area contributed by atoms with Crippen molar-refractivity contribution >= 4 is 11.6 Å². The maximum Gasteiger partial charge on any atom is 0.189 e. The summed E-state index contributed by atoms with van der Waals surface area (Å²) in [6, 6.07) is 3.94. The molecule has 2 rings (SSSR count). The number of quaternary nitrogens is 1. The summed E-state index contributed by atoms with van der Waals surface area (Å²) < 4.78 is 10.9. The van der Waals surface area contributed by atoms with Crippen molar-refractivity contribution in [2.24, 2.45) is 0 Å². The van der Waals surface area contributed by atoms with Gasteiger partial charge in [0.05, 0.1) is 25.3 Å². The van der Waals surface area contributed by atoms with Crippen molar-refractivity contribution in [3.05, 3.63) is 28.3 Å². The SMILES string of the molecule is CC[NH+](CC)Cc1cc(Cl)cc2c1OCOC2.[Cl-]. The van der Waals surface area contributed by atoms with Gasteiger partial charge in [-0.15, -0.1) is 0 Å². The molecule has 0 aliphatic carbocycles. The molecule has 3 nitrogen and oxygen atoms in total. The number of halogens is 2. The van der Waals surface area contributed by atoms with Crippen LogP contribution in [-0.4, -0.2) is 19.9 Å². The molecule has 1 aromatic rings. The minimum absolute atomic E-state index is 0. The highest BCUT2D eigenvalue weighted by molar-refractivity contribution is 6.30. The van der Waals surface area contributed by atoms with Crippen LogP contribution in [0.5, 0.6) is 5.75 Å². The number of hydrogen-bond acceptors (Lipinski definition) is 2. The molecular formula is C13H19Cl2NO2. The summed E-state index contributed by atoms with van der Waals surface area (Å²) in [5.74, 6) is 0.972. The van der Waals surface area contributed by atoms with Crippen LogP contribution in [0.1, 0.15) is 25.0 Å². The summed E-state index contributed by atoms with van der Waals surface area (Å²) in [5, 5.41) is 0.763. The molecule has 0 unspecified atom stereocenters. The second-order valence-corrected chi connectivity index (χ2v) is 4.73. The highest BCUT2D eigenvalue weighted by Crippen LogP contribution is 2.31. The lowest BCUT2D eigenvalue weighted by molar-refractivity contribution is -0.910. The van der Waals surface area contributed by atoms with E-state index >= 15 is 0 Å². The van der Waals surface area contributed by atoms with Crippen molar-refractivity contribution in [3.8, 4) is 5.75 Å². The maximum absolute atomic E-state index is 6.13. The van der Waals surface area contributed by atoms with E-state index in [1.165, 1.54) is 10.5 Å². The van der Waals surface area contributed by atoms with Crippen LogP contribution in [-0.2, 0) is 17.9 Å². The second kappa shape index (κ2) is 7.19. The van der Waals surface area contributed by atoms with Crippen LogP contribution >= 0.6 is 11.6 Å². The van der Waals surface area contributed by atoms with E-state index < -0.39 is 0 Å². The summed E-state index contributed by atoms with van der Waals surface area (Å²) in [6.07, 6.45) is 0. The minimum atomic E-state index is 0. The largest absolute Gasteiger partial charge is 1.00 e. The third kappa shape index (κ3) is 3.51. The van der Waals surface area contributed by atoms with Gasteiger partial charge in [0.1, 0.15) is 12.3 Å². The van der Waals surface area contributed by atoms with Crippen LogP contribution in [0.4, 0.5) is 0 Å². The van der Waals surface area contributed by atoms with E-state index in [-0.39, 0.29) is 12.4 Å². The van der Waals surface area contributed by atoms with Gasteiger partial charge >= 0.3 is 0 Å². The Kier molecular flexibility index (Phi) is 6.22. The van der Waals surface area contributed by atoms with Crippen LogP contribution in [0.25, 0.3) is 0 Å². The third-order valence-corrected chi connectivity index (χ3v) is 3.41. The Balaban J connectivity index is 0.00000162. The molecule has 0 saturated heterocycles. The monoisotopic (exact) mass is 291 g/mol. The first-order chi connectivity index (χ1) is 8.24. The quantitative estimate of drug-likeness (QED) is 0.740. The maximum atomic E-state index is 6.13. The zero-order valence-electron chi connectivity index (χ0n) is 10.8. The first-order valence-electron chi connectivity index (χ1n) is 6.10. The number of nitrogens with one attached hydrogen (secondary N) is 1. The van der Waals surface area contributed by atoms with Gasteiger partial charge < -0.3 is 26.8 Å². The third-order valence-electron chi connectivity index (χ3n) is 3.19. The van der Waals surface area contributed by atoms with Gasteiger partial charge in [-0.05, 0) is 26.0 Å². The number of ether oxygens (including phenoxy) is 2. The predicted molar refractivity (Wildman–Crippen MR) is 67.5 cm³/mol. The van der Waals surface area contributed by atoms with E-state index in [4.69, 9.17) is 21.1 Å². The fourth-order valence-corrected chi connectivity index (χ4v) is 2.42. The van der Waals surface area contributed by atoms with Crippen LogP contribution in [0, 0.1) is 0 Å². The highest BCUT2D eigenvalue weighted by atomic mass is 35.5. The molecule has 5 heteroatoms. The van der Waals surface area contributed by atoms with Crippen molar-refractivity contribution in [1.82, 2.24) is 0 Å². The molecule has 1 N–H and O–H groups in total. The van der Waals surface area contributed by atoms with Crippen LogP contribution in [0.3, 0.4) is 0 Å². The van der Waals surface area contributed by atoms with Gasteiger partial charge in [0, 0.05) is 10.6 Å². The van der Waals surface area contributed by atoms with Crippen molar-refractivity contribution in [2.45, 2.75) is 27.0 Å². The van der Waals surface area contributed by atoms with E-state index in [1.54, 1.807) is 0 Å². The first-order valence-corrected chi connectivity index (χ1v) is 6.47. The molecule has 1 aliphatic rings. The van der Waals surface area contributed by atoms with Gasteiger partial charge in [-0.2, -0.15) is 0 Å². The fourth-order valence-electron chi connectivity index (χ4n) is 2.16. The highest BCUT2D eigenvalue weighted by Gasteiger charge is 2.18. The van der Waals surface area contributed by atoms with Crippen molar-refractivity contribution in [1.29, 1.82) is 0 Å². The molecule has 0 amide bonds. The molecule has 18 heavy (non-hydrogen) atoms. The first kappa shape index (κ1) is 15.6. The Labute approximate surface area is 119 Å². The van der Waals surface area contributed by atoms with Crippen molar-refractivity contribution in [3.63, 3.8) is 0 Å². The Hall–Kier alpha value is -0.480. The molecule has 0 aromatic heterocycles. The van der Waals surface area contributed by atoms with Crippen LogP contribution in [0.15, 0.2) is 12.1 Å². The summed E-state index contributed by atoms with van der Waals surface area (Å²) in [5.41, 5.74) is 2.25. The van der Waals surface area contributed by atoms with Crippen molar-refractivity contribution in [2.75, 3.05) is 19.9 Å². The molecule has 0 spiro atoms. The van der Waals surface area contributed by atoms with Gasteiger partial charge in [-0.1, -0.05) is 11.6 Å². The number of benzene rings is 1. The molecule has 0 fully saturated rings. The smallest absolute Gasteiger partial charge is 0.189 e. The Morgan fingerprint density at radius 1 is 1.28 bits per heavy atom. The summed E-state index contributed by atoms with van der Waals surface area (Å²) >= 11 is 6.13. The second-order valence-electron chi connectivity index (χ2n) is 4.30. The number of hydrogen-bond donors (Lipinski definition) is 1. The van der Waals surface area contributed by atoms with Gasteiger partial charge in [0.25, 0.3) is 0 Å². The molecule has 1 aromatic carbocycles. The van der Waals surface area contributed by atoms with E-state index in [0.29, 0.717) is 13.4 Å². The lowest BCUT2D eigenvalue weighted by atomic mass is 10.1. The summed E-state index contributed by atoms with van der Waals surface area (Å²) in [6.45, 7) is 8.49. The molecular weight excluding hydrogens is 273 g/mol. The van der Waals surface area contributed by atoms with Crippen LogP contribution in [0.2, 0.25) is 5.02 Å². The Morgan fingerprint density at radius 2 is 2.00 bits per heavy atom. The summed E-state index contributed by atoms with van der Waals surface area (Å²) in [7, 11) is 0. The van der Waals surface area contributed by atoms with E-state index in [0.717, 1.165) is 36.0 Å². The predicted octanol–water partition coefficient (Wildman–Crippen LogP) is -1.36. The molecule has 1 aliphatic heterocycles. The number of rotatable bonds is 4. The van der Waals surface area contributed by atoms with E-state index in [1.807, 2.05) is 12.1 Å². The molecule has 0 bridgehead atoms. The van der Waals surface area contributed by atoms with Gasteiger partial charge in [-0.25, -0.2) is 0 Å². The van der Waals surface area contributed by atoms with E-state index in [2.05, 4.69) is 13.8 Å². The lowest BCUT2D eigenvalue weighted by Crippen LogP contribution is -3.10. The molecule has 0 radical (unpaired) electrons. The normalized spacial score (nSPS) is 13.8. The van der Waals surface area contributed by atoms with Gasteiger partial charge in [-0.3, -0.25) is 0 Å². The Bertz CT molecular complexity index is 395. The van der Waals surface area contributed by atoms with Gasteiger partial charge in [0.15, 0.2) is 6.79 Å². The van der Waals surface area contributed by atoms with Gasteiger partial charge in [0.2, 0.25) is 0 Å². The van der Waals surface area contributed by atoms with E-state index in [9.17, 15) is 0 Å². The molecule has 0 saturated carbocycles. The average Bonchev–Trinajstić information content (AvgIpc) is 2.35. The average molecular weight is 292 g/mol. The molecule has 1 heterocycles. The minimum Gasteiger partial charge on any atom is -1.00 e. The molecule has 0 atom stereocenters. The number of fused-ring (bicyclic) bond motifs is 1. The van der Waals surface area contributed by atoms with Crippen LogP contribution < -0.4 is 22.0 Å². The molecule has 102 valence electrons. The Morgan fingerprint density at radius 3 is 2.67 bits per heavy atom. The van der Waals surface area contributed by atoms with Crippen molar-refractivity contribution < 1.29 is 26.8 Å². The topological polar surface area (TPSA) is 22.9 Å².